The molecule has 32 heavy (non-hydrogen) atoms. The summed E-state index contributed by atoms with van der Waals surface area (Å²) >= 11 is 0. The maximum absolute atomic E-state index is 12.9. The number of aromatic nitrogens is 1. The van der Waals surface area contributed by atoms with E-state index in [-0.39, 0.29) is 29.4 Å². The van der Waals surface area contributed by atoms with Gasteiger partial charge in [0.15, 0.2) is 16.4 Å². The Morgan fingerprint density at radius 1 is 1.19 bits per heavy atom. The first-order valence-corrected chi connectivity index (χ1v) is 12.7. The second-order valence-electron chi connectivity index (χ2n) is 8.98. The summed E-state index contributed by atoms with van der Waals surface area (Å²) in [4.78, 5) is 27.3. The van der Waals surface area contributed by atoms with Gasteiger partial charge in [-0.15, -0.1) is 0 Å². The van der Waals surface area contributed by atoms with Crippen LogP contribution in [-0.2, 0) is 19.4 Å². The zero-order valence-corrected chi connectivity index (χ0v) is 20.2. The monoisotopic (exact) mass is 460 g/mol. The molecule has 1 saturated heterocycles. The molecule has 2 aromatic rings. The Bertz CT molecular complexity index is 1120. The summed E-state index contributed by atoms with van der Waals surface area (Å²) in [6.45, 7) is 9.75. The highest BCUT2D eigenvalue weighted by molar-refractivity contribution is 7.91. The number of hydrogen-bond acceptors (Lipinski definition) is 5. The van der Waals surface area contributed by atoms with Crippen molar-refractivity contribution in [3.63, 3.8) is 0 Å². The van der Waals surface area contributed by atoms with Crippen LogP contribution in [-0.4, -0.2) is 60.5 Å². The van der Waals surface area contributed by atoms with Crippen LogP contribution in [0.25, 0.3) is 5.69 Å². The maximum Gasteiger partial charge on any atom is 0.340 e. The van der Waals surface area contributed by atoms with Crippen LogP contribution in [0.1, 0.15) is 47.6 Å². The van der Waals surface area contributed by atoms with E-state index in [2.05, 4.69) is 0 Å². The van der Waals surface area contributed by atoms with Crippen LogP contribution < -0.4 is 0 Å². The normalized spacial score (nSPS) is 17.5. The van der Waals surface area contributed by atoms with Gasteiger partial charge in [0.05, 0.1) is 17.1 Å². The average Bonchev–Trinajstić information content (AvgIpc) is 3.22. The van der Waals surface area contributed by atoms with Gasteiger partial charge in [-0.1, -0.05) is 32.0 Å². The number of esters is 1. The predicted molar refractivity (Wildman–Crippen MR) is 124 cm³/mol. The van der Waals surface area contributed by atoms with Gasteiger partial charge < -0.3 is 14.2 Å². The van der Waals surface area contributed by atoms with Crippen LogP contribution in [0.5, 0.6) is 0 Å². The Kier molecular flexibility index (Phi) is 7.12. The molecule has 1 aromatic carbocycles. The van der Waals surface area contributed by atoms with Gasteiger partial charge >= 0.3 is 5.97 Å². The lowest BCUT2D eigenvalue weighted by Gasteiger charge is -2.29. The number of aryl methyl sites for hydroxylation is 2. The average molecular weight is 461 g/mol. The molecule has 0 aliphatic carbocycles. The van der Waals surface area contributed by atoms with Crippen LogP contribution in [0.4, 0.5) is 0 Å². The number of amides is 1. The Labute approximate surface area is 190 Å². The van der Waals surface area contributed by atoms with E-state index in [0.29, 0.717) is 18.5 Å². The van der Waals surface area contributed by atoms with E-state index in [1.54, 1.807) is 11.0 Å². The number of benzene rings is 1. The SMILES string of the molecule is Cc1ccccc1-n1c(C)cc(C(=O)OCC(=O)N(CC(C)C)C2CCS(=O)(=O)C2)c1C. The number of hydrogen-bond donors (Lipinski definition) is 0. The highest BCUT2D eigenvalue weighted by Gasteiger charge is 2.35. The van der Waals surface area contributed by atoms with Crippen molar-refractivity contribution in [2.24, 2.45) is 5.92 Å². The summed E-state index contributed by atoms with van der Waals surface area (Å²) in [6, 6.07) is 9.32. The molecule has 0 N–H and O–H groups in total. The molecule has 0 saturated carbocycles. The van der Waals surface area contributed by atoms with Crippen LogP contribution in [0.2, 0.25) is 0 Å². The van der Waals surface area contributed by atoms with E-state index in [1.165, 1.54) is 0 Å². The van der Waals surface area contributed by atoms with E-state index in [1.807, 2.05) is 63.5 Å². The van der Waals surface area contributed by atoms with Crippen molar-refractivity contribution in [2.75, 3.05) is 24.7 Å². The molecule has 8 heteroatoms. The predicted octanol–water partition coefficient (Wildman–Crippen LogP) is 3.23. The third-order valence-electron chi connectivity index (χ3n) is 5.87. The van der Waals surface area contributed by atoms with Crippen LogP contribution in [0.15, 0.2) is 30.3 Å². The van der Waals surface area contributed by atoms with E-state index < -0.39 is 22.4 Å². The zero-order valence-electron chi connectivity index (χ0n) is 19.4. The van der Waals surface area contributed by atoms with Gasteiger partial charge in [0.1, 0.15) is 0 Å². The number of ether oxygens (including phenoxy) is 1. The minimum absolute atomic E-state index is 0.0308. The molecule has 1 unspecified atom stereocenters. The van der Waals surface area contributed by atoms with Crippen molar-refractivity contribution in [3.05, 3.63) is 52.8 Å². The van der Waals surface area contributed by atoms with E-state index in [4.69, 9.17) is 4.74 Å². The topological polar surface area (TPSA) is 85.7 Å². The fourth-order valence-corrected chi connectivity index (χ4v) is 6.04. The molecule has 0 radical (unpaired) electrons. The van der Waals surface area contributed by atoms with Crippen molar-refractivity contribution in [3.8, 4) is 5.69 Å². The fraction of sp³-hybridized carbons (Fsp3) is 0.500. The summed E-state index contributed by atoms with van der Waals surface area (Å²) in [6.07, 6.45) is 0.423. The summed E-state index contributed by atoms with van der Waals surface area (Å²) in [5.74, 6) is -0.691. The Balaban J connectivity index is 1.74. The molecule has 7 nitrogen and oxygen atoms in total. The summed E-state index contributed by atoms with van der Waals surface area (Å²) in [5.41, 5.74) is 4.13. The van der Waals surface area contributed by atoms with E-state index in [9.17, 15) is 18.0 Å². The van der Waals surface area contributed by atoms with Crippen molar-refractivity contribution in [1.82, 2.24) is 9.47 Å². The Hall–Kier alpha value is -2.61. The highest BCUT2D eigenvalue weighted by atomic mass is 32.2. The molecule has 1 amide bonds. The molecule has 3 rings (SSSR count). The lowest BCUT2D eigenvalue weighted by molar-refractivity contribution is -0.137. The van der Waals surface area contributed by atoms with Crippen molar-refractivity contribution >= 4 is 21.7 Å². The van der Waals surface area contributed by atoms with Crippen molar-refractivity contribution < 1.29 is 22.7 Å². The van der Waals surface area contributed by atoms with Gasteiger partial charge in [0.25, 0.3) is 5.91 Å². The minimum Gasteiger partial charge on any atom is -0.452 e. The summed E-state index contributed by atoms with van der Waals surface area (Å²) < 4.78 is 31.2. The smallest absolute Gasteiger partial charge is 0.340 e. The molecule has 1 aliphatic rings. The molecule has 174 valence electrons. The molecule has 2 heterocycles. The fourth-order valence-electron chi connectivity index (χ4n) is 4.31. The van der Waals surface area contributed by atoms with Gasteiger partial charge in [-0.05, 0) is 50.8 Å². The summed E-state index contributed by atoms with van der Waals surface area (Å²) in [5, 5.41) is 0. The number of carbonyl (C=O) groups excluding carboxylic acids is 2. The standard InChI is InChI=1S/C24H32N2O5S/c1-16(2)13-25(20-10-11-32(29,30)15-20)23(27)14-31-24(28)21-12-18(4)26(19(21)5)22-9-7-6-8-17(22)3/h6-9,12,16,20H,10-11,13-15H2,1-5H3. The Morgan fingerprint density at radius 2 is 1.88 bits per heavy atom. The molecule has 1 aromatic heterocycles. The van der Waals surface area contributed by atoms with Crippen LogP contribution in [0, 0.1) is 26.7 Å². The zero-order chi connectivity index (χ0) is 23.6. The summed E-state index contributed by atoms with van der Waals surface area (Å²) in [7, 11) is -3.13. The molecule has 1 atom stereocenters. The lowest BCUT2D eigenvalue weighted by atomic mass is 10.1. The second-order valence-corrected chi connectivity index (χ2v) is 11.2. The largest absolute Gasteiger partial charge is 0.452 e. The van der Waals surface area contributed by atoms with Crippen molar-refractivity contribution in [2.45, 2.75) is 47.1 Å². The van der Waals surface area contributed by atoms with Gasteiger partial charge in [-0.2, -0.15) is 0 Å². The van der Waals surface area contributed by atoms with E-state index in [0.717, 1.165) is 22.6 Å². The van der Waals surface area contributed by atoms with Crippen molar-refractivity contribution in [1.29, 1.82) is 0 Å². The Morgan fingerprint density at radius 3 is 2.47 bits per heavy atom. The molecule has 0 spiro atoms. The van der Waals surface area contributed by atoms with Gasteiger partial charge in [-0.25, -0.2) is 13.2 Å². The van der Waals surface area contributed by atoms with Gasteiger partial charge in [0, 0.05) is 29.7 Å². The number of sulfone groups is 1. The van der Waals surface area contributed by atoms with Crippen LogP contribution in [0.3, 0.4) is 0 Å². The molecule has 1 fully saturated rings. The number of rotatable bonds is 7. The molecule has 0 bridgehead atoms. The van der Waals surface area contributed by atoms with Crippen LogP contribution >= 0.6 is 0 Å². The molecular weight excluding hydrogens is 428 g/mol. The quantitative estimate of drug-likeness (QED) is 0.592. The molecular formula is C24H32N2O5S. The van der Waals surface area contributed by atoms with Gasteiger partial charge in [0.2, 0.25) is 0 Å². The number of para-hydroxylation sites is 1. The van der Waals surface area contributed by atoms with E-state index >= 15 is 0 Å². The first kappa shape index (κ1) is 24.0. The second kappa shape index (κ2) is 9.48. The van der Waals surface area contributed by atoms with Gasteiger partial charge in [-0.3, -0.25) is 4.79 Å². The number of nitrogens with zero attached hydrogens (tertiary/aromatic N) is 2. The number of carbonyl (C=O) groups is 2. The first-order valence-electron chi connectivity index (χ1n) is 10.9. The minimum atomic E-state index is -3.13. The lowest BCUT2D eigenvalue weighted by Crippen LogP contribution is -2.45. The third-order valence-corrected chi connectivity index (χ3v) is 7.62. The first-order chi connectivity index (χ1) is 15.0. The highest BCUT2D eigenvalue weighted by Crippen LogP contribution is 2.24. The molecule has 1 aliphatic heterocycles. The third kappa shape index (κ3) is 5.23. The maximum atomic E-state index is 12.9.